The summed E-state index contributed by atoms with van der Waals surface area (Å²) in [5.41, 5.74) is 6.78. The van der Waals surface area contributed by atoms with Crippen molar-refractivity contribution in [2.75, 3.05) is 0 Å². The van der Waals surface area contributed by atoms with Crippen molar-refractivity contribution in [1.82, 2.24) is 9.13 Å². The molecule has 0 amide bonds. The highest BCUT2D eigenvalue weighted by molar-refractivity contribution is 5.96. The Morgan fingerprint density at radius 1 is 0.396 bits per heavy atom. The van der Waals surface area contributed by atoms with Gasteiger partial charge in [0.2, 0.25) is 0 Å². The Kier molecular flexibility index (Phi) is 5.56. The highest BCUT2D eigenvalue weighted by Gasteiger charge is 2.46. The molecular formula is C43H24N2O8. The first kappa shape index (κ1) is 29.5. The number of nitrogens with zero attached hydrogens (tertiary/aromatic N) is 2. The summed E-state index contributed by atoms with van der Waals surface area (Å²) in [6.45, 7) is 0. The third-order valence-electron chi connectivity index (χ3n) is 10.9. The van der Waals surface area contributed by atoms with E-state index in [0.717, 1.165) is 42.5 Å². The van der Waals surface area contributed by atoms with Crippen molar-refractivity contribution in [1.29, 1.82) is 0 Å². The molecule has 0 radical (unpaired) electrons. The van der Waals surface area contributed by atoms with Gasteiger partial charge in [-0.25, -0.2) is 0 Å². The molecule has 10 heteroatoms. The van der Waals surface area contributed by atoms with Gasteiger partial charge in [0.05, 0.1) is 27.0 Å². The molecule has 0 unspecified atom stereocenters. The van der Waals surface area contributed by atoms with Crippen molar-refractivity contribution in [3.8, 4) is 11.1 Å². The van der Waals surface area contributed by atoms with Gasteiger partial charge in [-0.15, -0.1) is 0 Å². The summed E-state index contributed by atoms with van der Waals surface area (Å²) >= 11 is 0. The lowest BCUT2D eigenvalue weighted by molar-refractivity contribution is 0.579. The van der Waals surface area contributed by atoms with Gasteiger partial charge in [0.1, 0.15) is 0 Å². The number of hydrogen-bond donors (Lipinski definition) is 0. The van der Waals surface area contributed by atoms with E-state index in [4.69, 9.17) is 17.7 Å². The van der Waals surface area contributed by atoms with Crippen LogP contribution in [0.25, 0.3) is 77.3 Å². The molecule has 10 aromatic rings. The van der Waals surface area contributed by atoms with E-state index in [9.17, 15) is 19.2 Å². The zero-order valence-corrected chi connectivity index (χ0v) is 28.1. The molecule has 6 aromatic carbocycles. The molecular weight excluding hydrogens is 672 g/mol. The van der Waals surface area contributed by atoms with Gasteiger partial charge < -0.3 is 17.7 Å². The molecule has 0 atom stereocenters. The van der Waals surface area contributed by atoms with Crippen molar-refractivity contribution < 1.29 is 17.7 Å². The number of hydrogen-bond acceptors (Lipinski definition) is 8. The van der Waals surface area contributed by atoms with Crippen LogP contribution in [0.1, 0.15) is 22.3 Å². The maximum absolute atomic E-state index is 12.8. The average molecular weight is 697 g/mol. The minimum absolute atomic E-state index is 0.264. The van der Waals surface area contributed by atoms with E-state index < -0.39 is 16.5 Å². The van der Waals surface area contributed by atoms with Gasteiger partial charge in [-0.05, 0) is 81.9 Å². The maximum atomic E-state index is 12.8. The second kappa shape index (κ2) is 9.98. The molecule has 254 valence electrons. The molecule has 0 spiro atoms. The van der Waals surface area contributed by atoms with E-state index in [1.807, 2.05) is 60.7 Å². The normalized spacial score (nSPS) is 13.5. The summed E-state index contributed by atoms with van der Waals surface area (Å²) in [5, 5.41) is 1.08. The second-order valence-electron chi connectivity index (χ2n) is 13.6. The van der Waals surface area contributed by atoms with Crippen molar-refractivity contribution >= 4 is 66.2 Å². The summed E-state index contributed by atoms with van der Waals surface area (Å²) in [6, 6.07) is 34.5. The van der Waals surface area contributed by atoms with Crippen LogP contribution < -0.4 is 22.2 Å². The first-order valence-electron chi connectivity index (χ1n) is 16.9. The van der Waals surface area contributed by atoms with Crippen LogP contribution in [0.15, 0.2) is 146 Å². The lowest BCUT2D eigenvalue weighted by Gasteiger charge is -2.33. The molecule has 0 bridgehead atoms. The van der Waals surface area contributed by atoms with Crippen LogP contribution in [-0.2, 0) is 19.5 Å². The molecule has 4 aromatic heterocycles. The van der Waals surface area contributed by atoms with Crippen LogP contribution in [0.3, 0.4) is 0 Å². The summed E-state index contributed by atoms with van der Waals surface area (Å²) in [4.78, 5) is 51.0. The lowest BCUT2D eigenvalue weighted by Crippen LogP contribution is -2.28. The molecule has 11 rings (SSSR count). The number of fused-ring (bicyclic) bond motifs is 9. The zero-order valence-electron chi connectivity index (χ0n) is 28.1. The van der Waals surface area contributed by atoms with Gasteiger partial charge in [-0.1, -0.05) is 60.7 Å². The van der Waals surface area contributed by atoms with E-state index in [1.54, 1.807) is 24.3 Å². The minimum atomic E-state index is -0.864. The Bertz CT molecular complexity index is 3300. The Morgan fingerprint density at radius 3 is 1.09 bits per heavy atom. The molecule has 0 N–H and O–H groups in total. The predicted molar refractivity (Wildman–Crippen MR) is 201 cm³/mol. The van der Waals surface area contributed by atoms with E-state index in [1.165, 1.54) is 14.1 Å². The van der Waals surface area contributed by atoms with Crippen LogP contribution >= 0.6 is 0 Å². The first-order valence-corrected chi connectivity index (χ1v) is 16.9. The van der Waals surface area contributed by atoms with Crippen LogP contribution in [0.5, 0.6) is 0 Å². The number of rotatable bonds is 2. The molecule has 4 heterocycles. The van der Waals surface area contributed by atoms with Crippen LogP contribution in [-0.4, -0.2) is 9.13 Å². The van der Waals surface area contributed by atoms with Crippen molar-refractivity contribution in [3.63, 3.8) is 0 Å². The third-order valence-corrected chi connectivity index (χ3v) is 10.9. The molecule has 0 fully saturated rings. The van der Waals surface area contributed by atoms with Gasteiger partial charge in [-0.2, -0.15) is 0 Å². The van der Waals surface area contributed by atoms with Crippen LogP contribution in [0, 0.1) is 0 Å². The molecule has 1 aliphatic rings. The van der Waals surface area contributed by atoms with Crippen LogP contribution in [0.2, 0.25) is 0 Å². The van der Waals surface area contributed by atoms with Crippen molar-refractivity contribution in [2.24, 2.45) is 14.1 Å². The number of aromatic nitrogens is 2. The molecule has 0 saturated heterocycles. The molecule has 1 aliphatic carbocycles. The predicted octanol–water partition coefficient (Wildman–Crippen LogP) is 7.46. The van der Waals surface area contributed by atoms with Gasteiger partial charge in [0, 0.05) is 14.1 Å². The third kappa shape index (κ3) is 3.71. The largest absolute Gasteiger partial charge is 0.449 e. The van der Waals surface area contributed by atoms with Crippen molar-refractivity contribution in [2.45, 2.75) is 5.41 Å². The molecule has 10 nitrogen and oxygen atoms in total. The Morgan fingerprint density at radius 2 is 0.717 bits per heavy atom. The molecule has 0 aliphatic heterocycles. The van der Waals surface area contributed by atoms with Gasteiger partial charge in [-0.3, -0.25) is 28.3 Å². The summed E-state index contributed by atoms with van der Waals surface area (Å²) in [7, 11) is 2.90. The van der Waals surface area contributed by atoms with Gasteiger partial charge in [0.15, 0.2) is 44.7 Å². The Labute approximate surface area is 295 Å². The topological polar surface area (TPSA) is 131 Å². The minimum Gasteiger partial charge on any atom is -0.449 e. The van der Waals surface area contributed by atoms with Gasteiger partial charge in [0.25, 0.3) is 22.2 Å². The highest BCUT2D eigenvalue weighted by atomic mass is 16.4. The number of benzene rings is 6. The Balaban J connectivity index is 1.20. The fourth-order valence-corrected chi connectivity index (χ4v) is 8.36. The average Bonchev–Trinajstić information content (AvgIpc) is 3.68. The monoisotopic (exact) mass is 696 g/mol. The summed E-state index contributed by atoms with van der Waals surface area (Å²) in [5.74, 6) is 0. The fourth-order valence-electron chi connectivity index (χ4n) is 8.36. The smallest absolute Gasteiger partial charge is 0.261 e. The summed E-state index contributed by atoms with van der Waals surface area (Å²) < 4.78 is 27.7. The lowest BCUT2D eigenvalue weighted by atomic mass is 9.67. The Hall–Kier alpha value is -7.20. The van der Waals surface area contributed by atoms with E-state index >= 15 is 0 Å². The van der Waals surface area contributed by atoms with Crippen molar-refractivity contribution in [3.05, 3.63) is 173 Å². The summed E-state index contributed by atoms with van der Waals surface area (Å²) in [6.07, 6.45) is 0. The van der Waals surface area contributed by atoms with E-state index in [0.29, 0.717) is 44.7 Å². The second-order valence-corrected chi connectivity index (χ2v) is 13.6. The maximum Gasteiger partial charge on any atom is 0.261 e. The van der Waals surface area contributed by atoms with Gasteiger partial charge >= 0.3 is 0 Å². The standard InChI is InChI=1S/C43H24N2O8/c1-44-39(46)25-17-35-37(19-27(25)41(44)48)52-33-15-21(11-13-31(33)50-35)43(29-9-5-3-7-23(29)24-8-4-6-10-30(24)43)22-12-14-32-34(16-22)53-38-20-28-26(18-36(38)51-32)40(47)45(2)42(28)49/h3-20H,1-2H3. The SMILES string of the molecule is Cn1c(=O)c2cc3oc4ccc(C5(c6ccc7oc8cc9c(=O)n(C)c(=O)c9cc8oc7c6)c6ccccc6-c6ccccc65)cc4oc3cc2c1=O. The highest BCUT2D eigenvalue weighted by Crippen LogP contribution is 2.56. The first-order chi connectivity index (χ1) is 25.7. The molecule has 53 heavy (non-hydrogen) atoms. The zero-order chi connectivity index (χ0) is 35.9. The molecule has 0 saturated carbocycles. The van der Waals surface area contributed by atoms with Crippen LogP contribution in [0.4, 0.5) is 0 Å². The quantitative estimate of drug-likeness (QED) is 0.170. The van der Waals surface area contributed by atoms with E-state index in [2.05, 4.69) is 24.3 Å². The fraction of sp³-hybridized carbons (Fsp3) is 0.0698. The van der Waals surface area contributed by atoms with E-state index in [-0.39, 0.29) is 32.7 Å².